The molecule has 250 valence electrons. The number of phosphoric ester groups is 2. The third-order valence-corrected chi connectivity index (χ3v) is 9.86. The van der Waals surface area contributed by atoms with E-state index in [9.17, 15) is 33.9 Å². The summed E-state index contributed by atoms with van der Waals surface area (Å²) in [5, 5.41) is 22.3. The van der Waals surface area contributed by atoms with E-state index in [2.05, 4.69) is 29.9 Å². The number of aromatic amines is 1. The summed E-state index contributed by atoms with van der Waals surface area (Å²) in [7, 11) is -10.2. The number of imidazole rings is 3. The first-order valence-electron chi connectivity index (χ1n) is 13.7. The predicted molar refractivity (Wildman–Crippen MR) is 150 cm³/mol. The lowest BCUT2D eigenvalue weighted by molar-refractivity contribution is -0.0672. The van der Waals surface area contributed by atoms with Crippen LogP contribution in [0.25, 0.3) is 28.0 Å². The van der Waals surface area contributed by atoms with E-state index in [-0.39, 0.29) is 22.8 Å². The number of nitrogens with zero attached hydrogens (tertiary/aromatic N) is 8. The van der Waals surface area contributed by atoms with Crippen LogP contribution in [0.15, 0.2) is 36.2 Å². The van der Waals surface area contributed by atoms with E-state index >= 15 is 0 Å². The van der Waals surface area contributed by atoms with Crippen molar-refractivity contribution in [1.82, 2.24) is 43.4 Å². The Hall–Kier alpha value is -3.70. The minimum absolute atomic E-state index is 0.123. The number of fused-ring (bicyclic) bond motifs is 7. The molecule has 4 unspecified atom stereocenters. The second-order valence-electron chi connectivity index (χ2n) is 10.8. The zero-order valence-electron chi connectivity index (χ0n) is 23.4. The largest absolute Gasteiger partial charge is 0.472 e. The standard InChI is InChI=1S/C22H24N10O13P2/c23-22-28-18-11(19(35)29-22)26-7-32(18)21-15-12(33)8(42-21)3-40-46(36,37)44-14-9(4-41-47(38,39)45-15)43-20(13(14)34)31-6-25-10-16-24-1-2-30(16)5-27-17(10)31/h1-2,5-9,12-15,20-21,33-34H,3-4H2,(H,36,37)(H,38,39)(H3,23,28,29,35)/t8-,9-,12?,13?,14+,15+,20-,21-/m1/s1. The minimum Gasteiger partial charge on any atom is -0.387 e. The fourth-order valence-corrected chi connectivity index (χ4v) is 7.67. The average Bonchev–Trinajstić information content (AvgIpc) is 3.83. The number of rotatable bonds is 2. The quantitative estimate of drug-likeness (QED) is 0.112. The summed E-state index contributed by atoms with van der Waals surface area (Å²) in [5.74, 6) is -0.280. The molecule has 0 saturated carbocycles. The third kappa shape index (κ3) is 5.17. The number of aliphatic hydroxyl groups excluding tert-OH is 2. The number of ether oxygens (including phenoxy) is 2. The van der Waals surface area contributed by atoms with E-state index in [0.717, 1.165) is 10.9 Å². The van der Waals surface area contributed by atoms with Gasteiger partial charge in [-0.05, 0) is 0 Å². The van der Waals surface area contributed by atoms with Crippen LogP contribution in [-0.2, 0) is 36.7 Å². The highest BCUT2D eigenvalue weighted by molar-refractivity contribution is 7.47. The van der Waals surface area contributed by atoms with Crippen molar-refractivity contribution in [1.29, 1.82) is 0 Å². The molecule has 3 aliphatic heterocycles. The summed E-state index contributed by atoms with van der Waals surface area (Å²) in [6.45, 7) is -1.63. The van der Waals surface area contributed by atoms with Crippen LogP contribution in [0, 0.1) is 0 Å². The van der Waals surface area contributed by atoms with Crippen LogP contribution in [0.2, 0.25) is 0 Å². The lowest BCUT2D eigenvalue weighted by Gasteiger charge is -2.25. The van der Waals surface area contributed by atoms with Gasteiger partial charge in [0.2, 0.25) is 5.95 Å². The number of nitrogens with two attached hydrogens (primary N) is 1. The van der Waals surface area contributed by atoms with Gasteiger partial charge in [0.15, 0.2) is 40.4 Å². The Bertz CT molecular complexity index is 2170. The molecule has 8 rings (SSSR count). The van der Waals surface area contributed by atoms with Crippen LogP contribution in [0.5, 0.6) is 0 Å². The second kappa shape index (κ2) is 10.9. The number of nitrogens with one attached hydrogen (secondary N) is 1. The molecule has 0 spiro atoms. The van der Waals surface area contributed by atoms with Crippen LogP contribution in [0.3, 0.4) is 0 Å². The van der Waals surface area contributed by atoms with Crippen molar-refractivity contribution in [2.75, 3.05) is 18.9 Å². The number of aliphatic hydroxyl groups is 2. The van der Waals surface area contributed by atoms with Crippen molar-refractivity contribution >= 4 is 49.6 Å². The number of aromatic nitrogens is 9. The summed E-state index contributed by atoms with van der Waals surface area (Å²) >= 11 is 0. The highest BCUT2D eigenvalue weighted by atomic mass is 31.2. The normalized spacial score (nSPS) is 36.8. The Kier molecular flexibility index (Phi) is 7.11. The third-order valence-electron chi connectivity index (χ3n) is 7.89. The van der Waals surface area contributed by atoms with Crippen molar-refractivity contribution < 1.29 is 56.7 Å². The maximum absolute atomic E-state index is 13.3. The Morgan fingerprint density at radius 1 is 0.809 bits per heavy atom. The van der Waals surface area contributed by atoms with Crippen LogP contribution in [-0.4, -0.2) is 113 Å². The molecule has 3 fully saturated rings. The van der Waals surface area contributed by atoms with E-state index in [1.165, 1.54) is 17.2 Å². The van der Waals surface area contributed by atoms with Gasteiger partial charge in [0.25, 0.3) is 5.56 Å². The number of hydrogen-bond donors (Lipinski definition) is 6. The summed E-state index contributed by atoms with van der Waals surface area (Å²) in [6, 6.07) is 0. The van der Waals surface area contributed by atoms with Gasteiger partial charge in [-0.1, -0.05) is 0 Å². The fourth-order valence-electron chi connectivity index (χ4n) is 5.77. The van der Waals surface area contributed by atoms with Crippen molar-refractivity contribution in [3.63, 3.8) is 0 Å². The van der Waals surface area contributed by atoms with Crippen LogP contribution in [0.4, 0.5) is 5.95 Å². The Morgan fingerprint density at radius 2 is 1.47 bits per heavy atom. The molecular formula is C22H24N10O13P2. The fraction of sp³-hybridized carbons (Fsp3) is 0.455. The Labute approximate surface area is 259 Å². The van der Waals surface area contributed by atoms with Crippen molar-refractivity contribution in [2.45, 2.75) is 49.1 Å². The topological polar surface area (TPSA) is 308 Å². The average molecular weight is 698 g/mol. The molecule has 0 aliphatic carbocycles. The highest BCUT2D eigenvalue weighted by Gasteiger charge is 2.54. The summed E-state index contributed by atoms with van der Waals surface area (Å²) in [6.07, 6.45) is -5.51. The summed E-state index contributed by atoms with van der Waals surface area (Å²) in [4.78, 5) is 56.8. The van der Waals surface area contributed by atoms with E-state index in [4.69, 9.17) is 33.3 Å². The van der Waals surface area contributed by atoms with Gasteiger partial charge in [-0.2, -0.15) is 4.98 Å². The maximum Gasteiger partial charge on any atom is 0.472 e. The van der Waals surface area contributed by atoms with Crippen molar-refractivity contribution in [3.8, 4) is 0 Å². The first-order valence-corrected chi connectivity index (χ1v) is 16.7. The number of hydrogen-bond acceptors (Lipinski definition) is 17. The second-order valence-corrected chi connectivity index (χ2v) is 13.6. The van der Waals surface area contributed by atoms with Gasteiger partial charge in [0.1, 0.15) is 43.0 Å². The van der Waals surface area contributed by atoms with E-state index < -0.39 is 83.5 Å². The molecule has 25 heteroatoms. The molecule has 3 saturated heterocycles. The lowest BCUT2D eigenvalue weighted by atomic mass is 10.1. The molecule has 0 radical (unpaired) electrons. The number of H-pyrrole nitrogens is 1. The molecule has 8 heterocycles. The first kappa shape index (κ1) is 30.6. The van der Waals surface area contributed by atoms with Crippen molar-refractivity contribution in [2.24, 2.45) is 0 Å². The smallest absolute Gasteiger partial charge is 0.387 e. The van der Waals surface area contributed by atoms with Crippen LogP contribution < -0.4 is 11.3 Å². The first-order chi connectivity index (χ1) is 22.4. The Balaban J connectivity index is 1.11. The van der Waals surface area contributed by atoms with Gasteiger partial charge in [0, 0.05) is 12.4 Å². The molecule has 23 nitrogen and oxygen atoms in total. The van der Waals surface area contributed by atoms with E-state index in [1.54, 1.807) is 16.8 Å². The molecule has 7 N–H and O–H groups in total. The van der Waals surface area contributed by atoms with E-state index in [0.29, 0.717) is 11.2 Å². The number of anilines is 1. The molecule has 0 aromatic carbocycles. The molecule has 0 amide bonds. The van der Waals surface area contributed by atoms with Gasteiger partial charge >= 0.3 is 15.6 Å². The zero-order valence-corrected chi connectivity index (χ0v) is 25.2. The SMILES string of the molecule is Nc1nc2c(ncn2[C@@H]2O[C@@H]3COP(=O)(O)O[C@@H]4C(O)[C@H](n5cnc6c5ncn5ccnc65)O[C@@H]4COP(=O)(O)O[C@H]2C3O)c(=O)[nH]1. The molecule has 5 aromatic heterocycles. The van der Waals surface area contributed by atoms with Gasteiger partial charge in [-0.3, -0.25) is 41.4 Å². The lowest BCUT2D eigenvalue weighted by Crippen LogP contribution is -2.36. The van der Waals surface area contributed by atoms with Crippen LogP contribution >= 0.6 is 15.6 Å². The van der Waals surface area contributed by atoms with E-state index in [1.807, 2.05) is 0 Å². The monoisotopic (exact) mass is 698 g/mol. The molecule has 5 aromatic rings. The highest BCUT2D eigenvalue weighted by Crippen LogP contribution is 2.53. The Morgan fingerprint density at radius 3 is 2.23 bits per heavy atom. The van der Waals surface area contributed by atoms with Gasteiger partial charge in [-0.25, -0.2) is 29.1 Å². The van der Waals surface area contributed by atoms with Crippen molar-refractivity contribution in [3.05, 3.63) is 41.7 Å². The molecule has 10 atom stereocenters. The molecule has 3 aliphatic rings. The number of nitrogen functional groups attached to an aromatic ring is 1. The van der Waals surface area contributed by atoms with Crippen LogP contribution in [0.1, 0.15) is 12.5 Å². The van der Waals surface area contributed by atoms with Gasteiger partial charge in [0.05, 0.1) is 25.9 Å². The molecular weight excluding hydrogens is 674 g/mol. The van der Waals surface area contributed by atoms with Gasteiger partial charge in [-0.15, -0.1) is 0 Å². The summed E-state index contributed by atoms with van der Waals surface area (Å²) < 4.78 is 63.2. The molecule has 47 heavy (non-hydrogen) atoms. The maximum atomic E-state index is 13.3. The predicted octanol–water partition coefficient (Wildman–Crippen LogP) is -1.67. The van der Waals surface area contributed by atoms with Gasteiger partial charge < -0.3 is 35.2 Å². The zero-order chi connectivity index (χ0) is 32.8. The minimum atomic E-state index is -5.11. The summed E-state index contributed by atoms with van der Waals surface area (Å²) in [5.41, 5.74) is 5.73. The number of phosphoric acid groups is 2. The molecule has 2 bridgehead atoms.